The van der Waals surface area contributed by atoms with Crippen molar-refractivity contribution in [3.63, 3.8) is 0 Å². The van der Waals surface area contributed by atoms with Crippen molar-refractivity contribution in [3.05, 3.63) is 48.0 Å². The number of hydrogen-bond acceptors (Lipinski definition) is 5. The van der Waals surface area contributed by atoms with Gasteiger partial charge in [-0.1, -0.05) is 5.16 Å². The monoisotopic (exact) mass is 326 g/mol. The molecule has 24 heavy (non-hydrogen) atoms. The maximum absolute atomic E-state index is 13.0. The van der Waals surface area contributed by atoms with Gasteiger partial charge in [-0.2, -0.15) is 10.1 Å². The van der Waals surface area contributed by atoms with Crippen LogP contribution >= 0.6 is 0 Å². The van der Waals surface area contributed by atoms with Gasteiger partial charge < -0.3 is 14.0 Å². The molecule has 1 saturated heterocycles. The van der Waals surface area contributed by atoms with Crippen LogP contribution in [0.5, 0.6) is 0 Å². The average molecular weight is 326 g/mol. The van der Waals surface area contributed by atoms with E-state index in [1.807, 2.05) is 41.0 Å². The van der Waals surface area contributed by atoms with Crippen LogP contribution in [0.1, 0.15) is 34.4 Å². The highest BCUT2D eigenvalue weighted by molar-refractivity contribution is 5.97. The number of hydrogen-bond donors (Lipinski definition) is 0. The summed E-state index contributed by atoms with van der Waals surface area (Å²) in [7, 11) is 1.83. The maximum atomic E-state index is 13.0. The van der Waals surface area contributed by atoms with Gasteiger partial charge in [-0.15, -0.1) is 0 Å². The predicted octanol–water partition coefficient (Wildman–Crippen LogP) is 1.53. The number of carbonyl (C=O) groups excluding carboxylic acids is 1. The van der Waals surface area contributed by atoms with Crippen molar-refractivity contribution in [3.8, 4) is 5.82 Å². The van der Waals surface area contributed by atoms with Crippen molar-refractivity contribution in [2.75, 3.05) is 13.1 Å². The smallest absolute Gasteiger partial charge is 0.259 e. The number of nitrogens with zero attached hydrogens (tertiary/aromatic N) is 6. The van der Waals surface area contributed by atoms with Gasteiger partial charge in [-0.05, 0) is 25.5 Å². The number of likely N-dealkylation sites (tertiary alicyclic amines) is 1. The zero-order valence-electron chi connectivity index (χ0n) is 13.6. The molecule has 0 saturated carbocycles. The molecule has 0 N–H and O–H groups in total. The number of carbonyl (C=O) groups is 1. The maximum Gasteiger partial charge on any atom is 0.259 e. The average Bonchev–Trinajstić information content (AvgIpc) is 3.33. The summed E-state index contributed by atoms with van der Waals surface area (Å²) in [6.45, 7) is 3.05. The van der Waals surface area contributed by atoms with Crippen LogP contribution in [0, 0.1) is 6.92 Å². The van der Waals surface area contributed by atoms with E-state index in [9.17, 15) is 4.79 Å². The molecule has 0 unspecified atom stereocenters. The van der Waals surface area contributed by atoms with Gasteiger partial charge in [-0.25, -0.2) is 0 Å². The summed E-state index contributed by atoms with van der Waals surface area (Å²) in [6.07, 6.45) is 6.26. The molecule has 0 aromatic carbocycles. The minimum atomic E-state index is -0.0227. The minimum absolute atomic E-state index is 0.0227. The molecule has 124 valence electrons. The SMILES string of the molecule is Cc1noc([C@H]2CCN(C(=O)c3cnn(C)c3-n3cccc3)C2)n1. The fourth-order valence-electron chi connectivity index (χ4n) is 3.16. The van der Waals surface area contributed by atoms with Gasteiger partial charge in [0, 0.05) is 32.5 Å². The highest BCUT2D eigenvalue weighted by Gasteiger charge is 2.33. The summed E-state index contributed by atoms with van der Waals surface area (Å²) in [5.41, 5.74) is 0.594. The first-order valence-corrected chi connectivity index (χ1v) is 7.88. The molecule has 1 fully saturated rings. The number of rotatable bonds is 3. The second-order valence-electron chi connectivity index (χ2n) is 6.01. The van der Waals surface area contributed by atoms with E-state index in [4.69, 9.17) is 4.52 Å². The minimum Gasteiger partial charge on any atom is -0.339 e. The van der Waals surface area contributed by atoms with Crippen LogP contribution in [0.2, 0.25) is 0 Å². The van der Waals surface area contributed by atoms with Crippen molar-refractivity contribution >= 4 is 5.91 Å². The molecular weight excluding hydrogens is 308 g/mol. The predicted molar refractivity (Wildman–Crippen MR) is 84.8 cm³/mol. The van der Waals surface area contributed by atoms with E-state index < -0.39 is 0 Å². The number of aromatic nitrogens is 5. The van der Waals surface area contributed by atoms with Gasteiger partial charge in [0.2, 0.25) is 5.89 Å². The summed E-state index contributed by atoms with van der Waals surface area (Å²) in [4.78, 5) is 19.1. The van der Waals surface area contributed by atoms with Crippen LogP contribution < -0.4 is 0 Å². The van der Waals surface area contributed by atoms with E-state index in [0.29, 0.717) is 30.4 Å². The summed E-state index contributed by atoms with van der Waals surface area (Å²) >= 11 is 0. The zero-order chi connectivity index (χ0) is 16.7. The third kappa shape index (κ3) is 2.40. The second kappa shape index (κ2) is 5.63. The molecule has 1 aliphatic rings. The molecule has 0 radical (unpaired) electrons. The van der Waals surface area contributed by atoms with Crippen LogP contribution in [0.4, 0.5) is 0 Å². The van der Waals surface area contributed by atoms with E-state index in [1.165, 1.54) is 0 Å². The largest absolute Gasteiger partial charge is 0.339 e. The molecule has 0 spiro atoms. The molecule has 1 aliphatic heterocycles. The Labute approximate surface area is 138 Å². The van der Waals surface area contributed by atoms with E-state index >= 15 is 0 Å². The highest BCUT2D eigenvalue weighted by atomic mass is 16.5. The van der Waals surface area contributed by atoms with E-state index in [1.54, 1.807) is 17.8 Å². The molecule has 1 amide bonds. The molecule has 3 aromatic rings. The lowest BCUT2D eigenvalue weighted by molar-refractivity contribution is 0.0789. The number of aryl methyl sites for hydroxylation is 2. The summed E-state index contributed by atoms with van der Waals surface area (Å²) in [6, 6.07) is 3.84. The van der Waals surface area contributed by atoms with Crippen LogP contribution in [-0.4, -0.2) is 48.4 Å². The Morgan fingerprint density at radius 3 is 2.83 bits per heavy atom. The third-order valence-electron chi connectivity index (χ3n) is 4.35. The van der Waals surface area contributed by atoms with Gasteiger partial charge >= 0.3 is 0 Å². The van der Waals surface area contributed by atoms with Gasteiger partial charge in [0.25, 0.3) is 5.91 Å². The third-order valence-corrected chi connectivity index (χ3v) is 4.35. The molecule has 4 heterocycles. The molecule has 4 rings (SSSR count). The van der Waals surface area contributed by atoms with Crippen molar-refractivity contribution in [1.29, 1.82) is 0 Å². The zero-order valence-corrected chi connectivity index (χ0v) is 13.6. The first-order chi connectivity index (χ1) is 11.6. The molecule has 0 aliphatic carbocycles. The fraction of sp³-hybridized carbons (Fsp3) is 0.375. The summed E-state index contributed by atoms with van der Waals surface area (Å²) < 4.78 is 8.86. The highest BCUT2D eigenvalue weighted by Crippen LogP contribution is 2.28. The van der Waals surface area contributed by atoms with Crippen LogP contribution in [0.3, 0.4) is 0 Å². The van der Waals surface area contributed by atoms with Gasteiger partial charge in [-0.3, -0.25) is 9.48 Å². The normalized spacial score (nSPS) is 17.6. The molecule has 8 heteroatoms. The van der Waals surface area contributed by atoms with Crippen LogP contribution in [0.25, 0.3) is 5.82 Å². The molecule has 1 atom stereocenters. The Kier molecular flexibility index (Phi) is 3.44. The Hall–Kier alpha value is -2.90. The lowest BCUT2D eigenvalue weighted by Crippen LogP contribution is -2.29. The van der Waals surface area contributed by atoms with Gasteiger partial charge in [0.15, 0.2) is 5.82 Å². The van der Waals surface area contributed by atoms with Gasteiger partial charge in [0.1, 0.15) is 11.4 Å². The molecule has 3 aromatic heterocycles. The van der Waals surface area contributed by atoms with Gasteiger partial charge in [0.05, 0.1) is 12.1 Å². The summed E-state index contributed by atoms with van der Waals surface area (Å²) in [5.74, 6) is 2.08. The van der Waals surface area contributed by atoms with E-state index in [-0.39, 0.29) is 11.8 Å². The van der Waals surface area contributed by atoms with E-state index in [2.05, 4.69) is 15.2 Å². The van der Waals surface area contributed by atoms with Crippen LogP contribution in [0.15, 0.2) is 35.2 Å². The first-order valence-electron chi connectivity index (χ1n) is 7.88. The fourth-order valence-corrected chi connectivity index (χ4v) is 3.16. The second-order valence-corrected chi connectivity index (χ2v) is 6.01. The van der Waals surface area contributed by atoms with Crippen molar-refractivity contribution in [2.24, 2.45) is 7.05 Å². The number of amides is 1. The van der Waals surface area contributed by atoms with Crippen molar-refractivity contribution in [2.45, 2.75) is 19.3 Å². The Morgan fingerprint density at radius 1 is 1.33 bits per heavy atom. The topological polar surface area (TPSA) is 82.0 Å². The Balaban J connectivity index is 1.57. The Morgan fingerprint density at radius 2 is 2.12 bits per heavy atom. The van der Waals surface area contributed by atoms with Crippen LogP contribution in [-0.2, 0) is 7.05 Å². The Bertz CT molecular complexity index is 863. The standard InChI is InChI=1S/C16H18N6O2/c1-11-18-14(24-19-11)12-5-8-22(10-12)16(23)13-9-17-20(2)15(13)21-6-3-4-7-21/h3-4,6-7,9,12H,5,8,10H2,1-2H3/t12-/m0/s1. The molecule has 8 nitrogen and oxygen atoms in total. The lowest BCUT2D eigenvalue weighted by atomic mass is 10.1. The van der Waals surface area contributed by atoms with Crippen molar-refractivity contribution in [1.82, 2.24) is 29.4 Å². The van der Waals surface area contributed by atoms with E-state index in [0.717, 1.165) is 12.2 Å². The molecule has 0 bridgehead atoms. The quantitative estimate of drug-likeness (QED) is 0.729. The first kappa shape index (κ1) is 14.7. The molecular formula is C16H18N6O2. The summed E-state index contributed by atoms with van der Waals surface area (Å²) in [5, 5.41) is 8.09. The lowest BCUT2D eigenvalue weighted by Gasteiger charge is -2.16. The van der Waals surface area contributed by atoms with Crippen molar-refractivity contribution < 1.29 is 9.32 Å².